The summed E-state index contributed by atoms with van der Waals surface area (Å²) in [6.45, 7) is 8.95. The molecule has 0 fully saturated rings. The molecule has 0 N–H and O–H groups in total. The Balaban J connectivity index is 2.45. The average molecular weight is 419 g/mol. The third kappa shape index (κ3) is 3.58. The van der Waals surface area contributed by atoms with E-state index >= 15 is 0 Å². The number of benzene rings is 1. The van der Waals surface area contributed by atoms with Crippen LogP contribution in [0.1, 0.15) is 67.2 Å². The molecule has 1 atom stereocenters. The Bertz CT molecular complexity index is 586. The van der Waals surface area contributed by atoms with Gasteiger partial charge in [0.25, 0.3) is 0 Å². The fourth-order valence-electron chi connectivity index (χ4n) is 2.32. The Hall–Kier alpha value is -0.0600. The molecule has 3 heteroatoms. The predicted octanol–water partition coefficient (Wildman–Crippen LogP) is 6.93. The fraction of sp³-hybridized carbons (Fsp3) is 0.412. The van der Waals surface area contributed by atoms with Crippen LogP contribution in [-0.2, 0) is 0 Å². The van der Waals surface area contributed by atoms with Crippen molar-refractivity contribution in [3.63, 3.8) is 0 Å². The zero-order valence-electron chi connectivity index (χ0n) is 12.3. The molecule has 0 bridgehead atoms. The maximum absolute atomic E-state index is 6.73. The van der Waals surface area contributed by atoms with Crippen LogP contribution >= 0.6 is 45.5 Å². The molecule has 0 saturated heterocycles. The van der Waals surface area contributed by atoms with Crippen LogP contribution in [0.2, 0.25) is 0 Å². The van der Waals surface area contributed by atoms with Gasteiger partial charge in [-0.25, -0.2) is 0 Å². The lowest BCUT2D eigenvalue weighted by atomic mass is 9.89. The van der Waals surface area contributed by atoms with E-state index in [2.05, 4.69) is 79.9 Å². The molecule has 0 saturated carbocycles. The van der Waals surface area contributed by atoms with Crippen molar-refractivity contribution in [3.8, 4) is 0 Å². The van der Waals surface area contributed by atoms with Crippen molar-refractivity contribution >= 4 is 45.5 Å². The summed E-state index contributed by atoms with van der Waals surface area (Å²) in [7, 11) is 0. The third-order valence-electron chi connectivity index (χ3n) is 3.55. The van der Waals surface area contributed by atoms with Crippen LogP contribution in [-0.4, -0.2) is 0 Å². The van der Waals surface area contributed by atoms with Crippen LogP contribution in [0.4, 0.5) is 0 Å². The Morgan fingerprint density at radius 3 is 2.15 bits per heavy atom. The molecule has 2 rings (SSSR count). The van der Waals surface area contributed by atoms with Crippen molar-refractivity contribution in [1.82, 2.24) is 0 Å². The van der Waals surface area contributed by atoms with Crippen molar-refractivity contribution in [2.75, 3.05) is 0 Å². The molecule has 0 amide bonds. The van der Waals surface area contributed by atoms with Gasteiger partial charge in [-0.1, -0.05) is 45.9 Å². The summed E-state index contributed by atoms with van der Waals surface area (Å²) in [5.74, 6) is 1.04. The lowest BCUT2D eigenvalue weighted by Gasteiger charge is -2.19. The summed E-state index contributed by atoms with van der Waals surface area (Å²) in [5, 5.41) is 2.12. The highest BCUT2D eigenvalue weighted by Gasteiger charge is 2.18. The van der Waals surface area contributed by atoms with E-state index in [1.807, 2.05) is 0 Å². The third-order valence-corrected chi connectivity index (χ3v) is 5.85. The molecule has 0 aliphatic rings. The summed E-state index contributed by atoms with van der Waals surface area (Å²) in [5.41, 5.74) is 5.22. The van der Waals surface area contributed by atoms with Crippen molar-refractivity contribution < 1.29 is 0 Å². The van der Waals surface area contributed by atoms with Crippen molar-refractivity contribution in [1.29, 1.82) is 0 Å². The molecule has 0 radical (unpaired) electrons. The van der Waals surface area contributed by atoms with Gasteiger partial charge >= 0.3 is 0 Å². The number of thiophene rings is 1. The van der Waals surface area contributed by atoms with Crippen LogP contribution in [0, 0.1) is 2.88 Å². The molecular formula is C17H20ClIS. The Morgan fingerprint density at radius 2 is 1.65 bits per heavy atom. The molecule has 0 aliphatic heterocycles. The van der Waals surface area contributed by atoms with E-state index in [-0.39, 0.29) is 5.38 Å². The molecule has 1 heterocycles. The molecule has 1 aromatic carbocycles. The predicted molar refractivity (Wildman–Crippen MR) is 99.4 cm³/mol. The number of hydrogen-bond acceptors (Lipinski definition) is 1. The first-order valence-corrected chi connectivity index (χ1v) is 9.31. The SMILES string of the molecule is CC(C)c1ccc(C(Cl)c2csc(I)c2)c(C(C)C)c1. The minimum Gasteiger partial charge on any atom is -0.137 e. The second kappa shape index (κ2) is 6.80. The van der Waals surface area contributed by atoms with Crippen LogP contribution < -0.4 is 0 Å². The number of halogens is 2. The monoisotopic (exact) mass is 418 g/mol. The lowest BCUT2D eigenvalue weighted by molar-refractivity contribution is 0.819. The highest BCUT2D eigenvalue weighted by atomic mass is 127. The van der Waals surface area contributed by atoms with Crippen molar-refractivity contribution in [2.24, 2.45) is 0 Å². The van der Waals surface area contributed by atoms with E-state index in [0.29, 0.717) is 11.8 Å². The largest absolute Gasteiger partial charge is 0.137 e. The Kier molecular flexibility index (Phi) is 5.55. The van der Waals surface area contributed by atoms with Gasteiger partial charge in [0.2, 0.25) is 0 Å². The molecule has 108 valence electrons. The van der Waals surface area contributed by atoms with Gasteiger partial charge < -0.3 is 0 Å². The zero-order chi connectivity index (χ0) is 14.9. The smallest absolute Gasteiger partial charge is 0.0846 e. The molecule has 1 aromatic heterocycles. The molecule has 1 unspecified atom stereocenters. The minimum atomic E-state index is -0.0478. The van der Waals surface area contributed by atoms with Crippen LogP contribution in [0.15, 0.2) is 29.6 Å². The topological polar surface area (TPSA) is 0 Å². The molecular weight excluding hydrogens is 399 g/mol. The molecule has 20 heavy (non-hydrogen) atoms. The average Bonchev–Trinajstić information content (AvgIpc) is 2.83. The lowest BCUT2D eigenvalue weighted by Crippen LogP contribution is -2.02. The Labute approximate surface area is 144 Å². The maximum atomic E-state index is 6.73. The minimum absolute atomic E-state index is 0.0478. The van der Waals surface area contributed by atoms with Crippen molar-refractivity contribution in [3.05, 3.63) is 54.8 Å². The molecule has 0 aliphatic carbocycles. The molecule has 0 nitrogen and oxygen atoms in total. The van der Waals surface area contributed by atoms with Crippen LogP contribution in [0.3, 0.4) is 0 Å². The van der Waals surface area contributed by atoms with Crippen LogP contribution in [0.25, 0.3) is 0 Å². The first-order valence-electron chi connectivity index (χ1n) is 6.92. The van der Waals surface area contributed by atoms with E-state index in [9.17, 15) is 0 Å². The van der Waals surface area contributed by atoms with E-state index in [4.69, 9.17) is 11.6 Å². The number of rotatable bonds is 4. The molecule has 2 aromatic rings. The van der Waals surface area contributed by atoms with E-state index in [0.717, 1.165) is 0 Å². The molecule has 0 spiro atoms. The quantitative estimate of drug-likeness (QED) is 0.373. The highest BCUT2D eigenvalue weighted by Crippen LogP contribution is 2.37. The van der Waals surface area contributed by atoms with Gasteiger partial charge in [0.15, 0.2) is 0 Å². The summed E-state index contributed by atoms with van der Waals surface area (Å²) >= 11 is 10.8. The van der Waals surface area contributed by atoms with Gasteiger partial charge in [0.05, 0.1) is 8.26 Å². The normalized spacial score (nSPS) is 13.2. The van der Waals surface area contributed by atoms with Gasteiger partial charge in [-0.15, -0.1) is 22.9 Å². The van der Waals surface area contributed by atoms with Gasteiger partial charge in [-0.2, -0.15) is 0 Å². The number of hydrogen-bond donors (Lipinski definition) is 0. The second-order valence-electron chi connectivity index (χ2n) is 5.74. The number of alkyl halides is 1. The van der Waals surface area contributed by atoms with E-state index in [1.165, 1.54) is 25.1 Å². The van der Waals surface area contributed by atoms with Gasteiger partial charge in [0.1, 0.15) is 0 Å². The standard InChI is InChI=1S/C17H20ClIS/c1-10(2)12-5-6-14(15(7-12)11(3)4)17(18)13-8-16(19)20-9-13/h5-11,17H,1-4H3. The van der Waals surface area contributed by atoms with Gasteiger partial charge in [-0.3, -0.25) is 0 Å². The van der Waals surface area contributed by atoms with E-state index in [1.54, 1.807) is 11.3 Å². The van der Waals surface area contributed by atoms with Gasteiger partial charge in [-0.05, 0) is 68.1 Å². The first-order chi connectivity index (χ1) is 9.40. The highest BCUT2D eigenvalue weighted by molar-refractivity contribution is 14.1. The van der Waals surface area contributed by atoms with Gasteiger partial charge in [0, 0.05) is 0 Å². The summed E-state index contributed by atoms with van der Waals surface area (Å²) < 4.78 is 1.29. The summed E-state index contributed by atoms with van der Waals surface area (Å²) in [6, 6.07) is 8.95. The second-order valence-corrected chi connectivity index (χ2v) is 8.99. The zero-order valence-corrected chi connectivity index (χ0v) is 16.0. The Morgan fingerprint density at radius 1 is 0.950 bits per heavy atom. The summed E-state index contributed by atoms with van der Waals surface area (Å²) in [4.78, 5) is 0. The van der Waals surface area contributed by atoms with E-state index < -0.39 is 0 Å². The first kappa shape index (κ1) is 16.3. The summed E-state index contributed by atoms with van der Waals surface area (Å²) in [6.07, 6.45) is 0. The fourth-order valence-corrected chi connectivity index (χ4v) is 4.12. The van der Waals surface area contributed by atoms with Crippen molar-refractivity contribution in [2.45, 2.75) is 44.9 Å². The maximum Gasteiger partial charge on any atom is 0.0846 e. The van der Waals surface area contributed by atoms with Crippen LogP contribution in [0.5, 0.6) is 0 Å².